The lowest BCUT2D eigenvalue weighted by atomic mass is 9.12. The Balaban J connectivity index is 0.000000846. The number of hydrogen-bond donors (Lipinski definition) is 1. The van der Waals surface area contributed by atoms with Crippen LogP contribution >= 0.6 is 0 Å². The number of rotatable bonds is 6. The molecule has 0 saturated carbocycles. The predicted octanol–water partition coefficient (Wildman–Crippen LogP) is 6.16. The smallest absolute Gasteiger partial charge is 0.200 e. The van der Waals surface area contributed by atoms with E-state index in [1.165, 1.54) is 0 Å². The summed E-state index contributed by atoms with van der Waals surface area (Å²) >= 11 is 0. The molecule has 0 atom stereocenters. The van der Waals surface area contributed by atoms with Crippen molar-refractivity contribution in [2.45, 2.75) is 39.8 Å². The average Bonchev–Trinajstić information content (AvgIpc) is 3.11. The first-order valence-electron chi connectivity index (χ1n) is 14.3. The molecule has 53 heavy (non-hydrogen) atoms. The SMILES string of the molecule is CC(C)[NH+](C)C(C)C.Fc1c(F)c(F)c([B-](c2c(F)c(F)c(F)c(F)c2F)(c2c(F)c(F)c(F)c(F)c2F)c2c(F)c(F)c(F)c(F)c2F)c(F)c1F. The Hall–Kier alpha value is -4.50. The summed E-state index contributed by atoms with van der Waals surface area (Å²) in [7, 11) is 2.23. The zero-order chi connectivity index (χ0) is 41.1. The molecule has 0 spiro atoms. The van der Waals surface area contributed by atoms with Crippen LogP contribution < -0.4 is 26.8 Å². The number of halogens is 20. The molecule has 4 rings (SSSR count). The molecule has 0 bridgehead atoms. The molecule has 0 unspecified atom stereocenters. The molecule has 0 aliphatic carbocycles. The summed E-state index contributed by atoms with van der Waals surface area (Å²) < 4.78 is 294. The highest BCUT2D eigenvalue weighted by Gasteiger charge is 2.52. The summed E-state index contributed by atoms with van der Waals surface area (Å²) in [6.07, 6.45) is -7.22. The maximum atomic E-state index is 15.4. The van der Waals surface area contributed by atoms with Crippen LogP contribution in [0.3, 0.4) is 0 Å². The van der Waals surface area contributed by atoms with Crippen LogP contribution in [-0.2, 0) is 0 Å². The van der Waals surface area contributed by atoms with E-state index in [2.05, 4.69) is 34.7 Å². The van der Waals surface area contributed by atoms with Gasteiger partial charge in [-0.2, -0.15) is 0 Å². The molecule has 0 amide bonds. The van der Waals surface area contributed by atoms with Gasteiger partial charge in [-0.25, -0.2) is 87.8 Å². The maximum absolute atomic E-state index is 15.4. The van der Waals surface area contributed by atoms with Gasteiger partial charge in [0.15, 0.2) is 69.8 Å². The van der Waals surface area contributed by atoms with Crippen molar-refractivity contribution in [1.29, 1.82) is 0 Å². The van der Waals surface area contributed by atoms with Crippen LogP contribution in [0.15, 0.2) is 0 Å². The lowest BCUT2D eigenvalue weighted by Gasteiger charge is -2.44. The van der Waals surface area contributed by atoms with Gasteiger partial charge in [0.05, 0.1) is 19.1 Å². The summed E-state index contributed by atoms with van der Waals surface area (Å²) in [6.45, 7) is 8.98. The first-order valence-corrected chi connectivity index (χ1v) is 14.3. The minimum absolute atomic E-state index is 0.759. The molecule has 0 saturated heterocycles. The van der Waals surface area contributed by atoms with E-state index >= 15 is 35.1 Å². The number of quaternary nitrogens is 1. The average molecular weight is 795 g/mol. The van der Waals surface area contributed by atoms with E-state index in [1.807, 2.05) is 0 Å². The van der Waals surface area contributed by atoms with Crippen LogP contribution in [-0.4, -0.2) is 25.3 Å². The summed E-state index contributed by atoms with van der Waals surface area (Å²) in [5.41, 5.74) is -14.3. The van der Waals surface area contributed by atoms with Gasteiger partial charge in [0.1, 0.15) is 52.7 Å². The molecule has 0 radical (unpaired) electrons. The third-order valence-electron chi connectivity index (χ3n) is 8.53. The van der Waals surface area contributed by atoms with E-state index in [0.717, 1.165) is 12.1 Å². The summed E-state index contributed by atoms with van der Waals surface area (Å²) in [4.78, 5) is 1.60. The second-order valence-electron chi connectivity index (χ2n) is 11.9. The van der Waals surface area contributed by atoms with E-state index in [0.29, 0.717) is 0 Å². The lowest BCUT2D eigenvalue weighted by Crippen LogP contribution is -3.15. The summed E-state index contributed by atoms with van der Waals surface area (Å²) in [5, 5.41) is 0. The van der Waals surface area contributed by atoms with Crippen molar-refractivity contribution < 1.29 is 92.7 Å². The van der Waals surface area contributed by atoms with Crippen molar-refractivity contribution in [3.05, 3.63) is 116 Å². The highest BCUT2D eigenvalue weighted by molar-refractivity contribution is 7.20. The van der Waals surface area contributed by atoms with Crippen molar-refractivity contribution in [2.75, 3.05) is 7.05 Å². The highest BCUT2D eigenvalue weighted by atomic mass is 19.2. The standard InChI is InChI=1S/C24BF20.C7H17N/c26-5-1(6(27)14(35)21(42)13(5)34)25(2-7(28)15(36)22(43)16(37)8(2)29,3-9(30)17(38)23(44)18(39)10(3)31)4-11(32)19(40)24(45)20(41)12(4)33;1-6(2)8(5)7(3)4/h;6-7H,1-5H3/q-1;/p+1. The molecule has 0 aromatic heterocycles. The van der Waals surface area contributed by atoms with Crippen LogP contribution in [0.5, 0.6) is 0 Å². The van der Waals surface area contributed by atoms with Crippen molar-refractivity contribution in [1.82, 2.24) is 0 Å². The van der Waals surface area contributed by atoms with E-state index in [-0.39, 0.29) is 0 Å². The Morgan fingerprint density at radius 2 is 0.377 bits per heavy atom. The Kier molecular flexibility index (Phi) is 12.2. The van der Waals surface area contributed by atoms with E-state index in [4.69, 9.17) is 0 Å². The first-order chi connectivity index (χ1) is 24.3. The molecular formula is C31H18BF20N. The molecule has 0 aliphatic heterocycles. The molecule has 1 nitrogen and oxygen atoms in total. The van der Waals surface area contributed by atoms with E-state index < -0.39 is 144 Å². The topological polar surface area (TPSA) is 4.44 Å². The van der Waals surface area contributed by atoms with E-state index in [1.54, 1.807) is 4.90 Å². The fraction of sp³-hybridized carbons (Fsp3) is 0.226. The molecule has 0 aliphatic rings. The fourth-order valence-electron chi connectivity index (χ4n) is 5.54. The Bertz CT molecular complexity index is 1730. The van der Waals surface area contributed by atoms with E-state index in [9.17, 15) is 52.7 Å². The Morgan fingerprint density at radius 3 is 0.472 bits per heavy atom. The van der Waals surface area contributed by atoms with Gasteiger partial charge in [-0.1, -0.05) is 0 Å². The monoisotopic (exact) mass is 795 g/mol. The summed E-state index contributed by atoms with van der Waals surface area (Å²) in [6, 6.07) is 1.52. The minimum Gasteiger partial charge on any atom is -0.333 e. The molecule has 4 aromatic rings. The van der Waals surface area contributed by atoms with Gasteiger partial charge >= 0.3 is 0 Å². The van der Waals surface area contributed by atoms with Crippen LogP contribution in [0.4, 0.5) is 87.8 Å². The number of benzene rings is 4. The minimum atomic E-state index is -7.22. The zero-order valence-electron chi connectivity index (χ0n) is 26.8. The predicted molar refractivity (Wildman–Crippen MR) is 146 cm³/mol. The van der Waals surface area contributed by atoms with Gasteiger partial charge in [-0.05, 0) is 27.7 Å². The molecule has 290 valence electrons. The van der Waals surface area contributed by atoms with Gasteiger partial charge in [0, 0.05) is 0 Å². The third-order valence-corrected chi connectivity index (χ3v) is 8.53. The second-order valence-corrected chi connectivity index (χ2v) is 11.9. The first kappa shape index (κ1) is 42.9. The van der Waals surface area contributed by atoms with Crippen LogP contribution in [0.1, 0.15) is 27.7 Å². The molecular weight excluding hydrogens is 777 g/mol. The van der Waals surface area contributed by atoms with Gasteiger partial charge in [-0.3, -0.25) is 0 Å². The Morgan fingerprint density at radius 1 is 0.264 bits per heavy atom. The molecule has 0 heterocycles. The molecule has 22 heteroatoms. The normalized spacial score (nSPS) is 12.0. The van der Waals surface area contributed by atoms with Gasteiger partial charge in [0.2, 0.25) is 0 Å². The summed E-state index contributed by atoms with van der Waals surface area (Å²) in [5.74, 6) is -71.4. The van der Waals surface area contributed by atoms with Gasteiger partial charge < -0.3 is 4.90 Å². The van der Waals surface area contributed by atoms with Crippen LogP contribution in [0, 0.1) is 116 Å². The molecule has 1 N–H and O–H groups in total. The van der Waals surface area contributed by atoms with Crippen LogP contribution in [0.25, 0.3) is 0 Å². The largest absolute Gasteiger partial charge is 0.333 e. The highest BCUT2D eigenvalue weighted by Crippen LogP contribution is 2.30. The maximum Gasteiger partial charge on any atom is 0.200 e. The van der Waals surface area contributed by atoms with Gasteiger partial charge in [-0.15, -0.1) is 21.9 Å². The fourth-order valence-corrected chi connectivity index (χ4v) is 5.54. The quantitative estimate of drug-likeness (QED) is 0.103. The van der Waals surface area contributed by atoms with Crippen molar-refractivity contribution in [3.8, 4) is 0 Å². The van der Waals surface area contributed by atoms with Gasteiger partial charge in [0.25, 0.3) is 0 Å². The van der Waals surface area contributed by atoms with Crippen molar-refractivity contribution in [2.24, 2.45) is 0 Å². The van der Waals surface area contributed by atoms with Crippen LogP contribution in [0.2, 0.25) is 0 Å². The second kappa shape index (κ2) is 15.1. The lowest BCUT2D eigenvalue weighted by molar-refractivity contribution is -0.923. The van der Waals surface area contributed by atoms with Crippen molar-refractivity contribution >= 4 is 28.0 Å². The third kappa shape index (κ3) is 6.45. The molecule has 4 aromatic carbocycles. The Labute approximate surface area is 284 Å². The molecule has 0 fully saturated rings. The zero-order valence-corrected chi connectivity index (χ0v) is 26.8. The van der Waals surface area contributed by atoms with Crippen molar-refractivity contribution in [3.63, 3.8) is 0 Å². The number of nitrogens with one attached hydrogen (secondary N) is 1. The number of hydrogen-bond acceptors (Lipinski definition) is 0.